The van der Waals surface area contributed by atoms with Crippen molar-refractivity contribution in [2.45, 2.75) is 29.5 Å². The maximum Gasteiger partial charge on any atom is 0.416 e. The Balaban J connectivity index is 2.12. The molecule has 1 fully saturated rings. The normalized spacial score (nSPS) is 19.1. The molecule has 27 heavy (non-hydrogen) atoms. The Morgan fingerprint density at radius 3 is 2.26 bits per heavy atom. The Kier molecular flexibility index (Phi) is 6.27. The first-order valence-electron chi connectivity index (χ1n) is 7.96. The van der Waals surface area contributed by atoms with Gasteiger partial charge in [0.25, 0.3) is 0 Å². The molecule has 0 radical (unpaired) electrons. The monoisotopic (exact) mass is 430 g/mol. The molecule has 1 aromatic carbocycles. The number of hydrogen-bond donors (Lipinski definition) is 1. The number of methoxy groups -OCH3 is 1. The third-order valence-corrected chi connectivity index (χ3v) is 7.29. The van der Waals surface area contributed by atoms with E-state index in [1.54, 1.807) is 0 Å². The van der Waals surface area contributed by atoms with Gasteiger partial charge in [-0.15, -0.1) is 0 Å². The van der Waals surface area contributed by atoms with Crippen molar-refractivity contribution >= 4 is 20.0 Å². The maximum absolute atomic E-state index is 12.8. The molecule has 0 saturated carbocycles. The van der Waals surface area contributed by atoms with Crippen molar-refractivity contribution in [1.29, 1.82) is 0 Å². The van der Waals surface area contributed by atoms with Crippen LogP contribution in [0.5, 0.6) is 0 Å². The fraction of sp³-hybridized carbons (Fsp3) is 0.600. The smallest absolute Gasteiger partial charge is 0.377 e. The zero-order valence-electron chi connectivity index (χ0n) is 14.8. The zero-order chi connectivity index (χ0) is 20.5. The Hall–Kier alpha value is -1.21. The van der Waals surface area contributed by atoms with Crippen LogP contribution in [0.3, 0.4) is 0 Å². The fourth-order valence-corrected chi connectivity index (χ4v) is 4.83. The summed E-state index contributed by atoms with van der Waals surface area (Å²) < 4.78 is 95.3. The van der Waals surface area contributed by atoms with Crippen molar-refractivity contribution < 1.29 is 34.7 Å². The SMILES string of the molecule is COC1(CNS(=O)(=O)c2cccc(C(F)(F)F)c2)CCN(S(C)(=O)=O)CC1. The highest BCUT2D eigenvalue weighted by molar-refractivity contribution is 7.89. The lowest BCUT2D eigenvalue weighted by Crippen LogP contribution is -2.52. The first kappa shape index (κ1) is 22.1. The van der Waals surface area contributed by atoms with Gasteiger partial charge in [-0.25, -0.2) is 25.9 Å². The highest BCUT2D eigenvalue weighted by Crippen LogP contribution is 2.31. The third kappa shape index (κ3) is 5.41. The molecule has 1 aliphatic heterocycles. The van der Waals surface area contributed by atoms with E-state index in [-0.39, 0.29) is 32.5 Å². The van der Waals surface area contributed by atoms with Gasteiger partial charge in [0, 0.05) is 26.7 Å². The van der Waals surface area contributed by atoms with Gasteiger partial charge in [0.2, 0.25) is 20.0 Å². The average Bonchev–Trinajstić information content (AvgIpc) is 2.59. The van der Waals surface area contributed by atoms with Gasteiger partial charge in [0.05, 0.1) is 22.3 Å². The summed E-state index contributed by atoms with van der Waals surface area (Å²) in [6.07, 6.45) is -3.07. The van der Waals surface area contributed by atoms with E-state index in [1.807, 2.05) is 0 Å². The van der Waals surface area contributed by atoms with Crippen LogP contribution in [0, 0.1) is 0 Å². The van der Waals surface area contributed by atoms with Crippen LogP contribution < -0.4 is 4.72 Å². The summed E-state index contributed by atoms with van der Waals surface area (Å²) in [7, 11) is -6.17. The largest absolute Gasteiger partial charge is 0.416 e. The molecule has 1 N–H and O–H groups in total. The van der Waals surface area contributed by atoms with Crippen LogP contribution in [0.2, 0.25) is 0 Å². The first-order chi connectivity index (χ1) is 12.3. The lowest BCUT2D eigenvalue weighted by molar-refractivity contribution is -0.137. The van der Waals surface area contributed by atoms with Crippen molar-refractivity contribution in [3.05, 3.63) is 29.8 Å². The zero-order valence-corrected chi connectivity index (χ0v) is 16.4. The molecular weight excluding hydrogens is 409 g/mol. The van der Waals surface area contributed by atoms with Crippen LogP contribution in [0.25, 0.3) is 0 Å². The van der Waals surface area contributed by atoms with Crippen LogP contribution in [0.1, 0.15) is 18.4 Å². The van der Waals surface area contributed by atoms with E-state index in [2.05, 4.69) is 4.72 Å². The predicted octanol–water partition coefficient (Wildman–Crippen LogP) is 1.42. The molecule has 2 rings (SSSR count). The highest BCUT2D eigenvalue weighted by atomic mass is 32.2. The molecule has 1 heterocycles. The fourth-order valence-electron chi connectivity index (χ4n) is 2.83. The number of halogens is 3. The number of benzene rings is 1. The van der Waals surface area contributed by atoms with Crippen LogP contribution in [0.15, 0.2) is 29.2 Å². The Bertz CT molecular complexity index is 877. The second kappa shape index (κ2) is 7.66. The van der Waals surface area contributed by atoms with Crippen LogP contribution in [-0.2, 0) is 31.0 Å². The Morgan fingerprint density at radius 1 is 1.19 bits per heavy atom. The van der Waals surface area contributed by atoms with Crippen molar-refractivity contribution in [2.24, 2.45) is 0 Å². The standard InChI is InChI=1S/C15H21F3N2O5S2/c1-25-14(6-8-20(9-7-14)26(2,21)22)11-19-27(23,24)13-5-3-4-12(10-13)15(16,17)18/h3-5,10,19H,6-9,11H2,1-2H3. The second-order valence-electron chi connectivity index (χ2n) is 6.40. The minimum Gasteiger partial charge on any atom is -0.377 e. The molecule has 0 spiro atoms. The van der Waals surface area contributed by atoms with Crippen LogP contribution >= 0.6 is 0 Å². The van der Waals surface area contributed by atoms with E-state index < -0.39 is 42.3 Å². The van der Waals surface area contributed by atoms with Crippen LogP contribution in [0.4, 0.5) is 13.2 Å². The molecule has 0 atom stereocenters. The number of alkyl halides is 3. The summed E-state index contributed by atoms with van der Waals surface area (Å²) in [5.41, 5.74) is -2.00. The van der Waals surface area contributed by atoms with Crippen LogP contribution in [-0.4, -0.2) is 59.7 Å². The first-order valence-corrected chi connectivity index (χ1v) is 11.3. The highest BCUT2D eigenvalue weighted by Gasteiger charge is 2.38. The summed E-state index contributed by atoms with van der Waals surface area (Å²) in [4.78, 5) is -0.503. The van der Waals surface area contributed by atoms with Gasteiger partial charge in [-0.2, -0.15) is 13.2 Å². The minimum atomic E-state index is -4.66. The molecule has 0 amide bonds. The van der Waals surface area contributed by atoms with Gasteiger partial charge in [-0.05, 0) is 31.0 Å². The molecule has 0 aromatic heterocycles. The van der Waals surface area contributed by atoms with E-state index in [0.717, 1.165) is 24.5 Å². The van der Waals surface area contributed by atoms with Gasteiger partial charge >= 0.3 is 6.18 Å². The van der Waals surface area contributed by atoms with Gasteiger partial charge in [0.15, 0.2) is 0 Å². The number of piperidine rings is 1. The minimum absolute atomic E-state index is 0.165. The van der Waals surface area contributed by atoms with E-state index >= 15 is 0 Å². The summed E-state index contributed by atoms with van der Waals surface area (Å²) in [6, 6.07) is 3.45. The second-order valence-corrected chi connectivity index (χ2v) is 10.1. The number of hydrogen-bond acceptors (Lipinski definition) is 5. The third-order valence-electron chi connectivity index (χ3n) is 4.59. The molecular formula is C15H21F3N2O5S2. The number of ether oxygens (including phenoxy) is 1. The number of sulfonamides is 2. The van der Waals surface area contributed by atoms with Gasteiger partial charge in [-0.1, -0.05) is 6.07 Å². The van der Waals surface area contributed by atoms with Crippen molar-refractivity contribution in [2.75, 3.05) is 33.0 Å². The quantitative estimate of drug-likeness (QED) is 0.737. The maximum atomic E-state index is 12.8. The molecule has 1 aromatic rings. The molecule has 0 bridgehead atoms. The van der Waals surface area contributed by atoms with E-state index in [9.17, 15) is 30.0 Å². The lowest BCUT2D eigenvalue weighted by atomic mass is 9.92. The van der Waals surface area contributed by atoms with Crippen molar-refractivity contribution in [1.82, 2.24) is 9.03 Å². The molecule has 12 heteroatoms. The lowest BCUT2D eigenvalue weighted by Gasteiger charge is -2.39. The Morgan fingerprint density at radius 2 is 1.78 bits per heavy atom. The molecule has 0 aliphatic carbocycles. The summed E-state index contributed by atoms with van der Waals surface area (Å²) in [5, 5.41) is 0. The molecule has 154 valence electrons. The van der Waals surface area contributed by atoms with Gasteiger partial charge < -0.3 is 4.74 Å². The topological polar surface area (TPSA) is 92.8 Å². The summed E-state index contributed by atoms with van der Waals surface area (Å²) in [5.74, 6) is 0. The average molecular weight is 430 g/mol. The van der Waals surface area contributed by atoms with Gasteiger partial charge in [-0.3, -0.25) is 0 Å². The summed E-state index contributed by atoms with van der Waals surface area (Å²) >= 11 is 0. The number of nitrogens with zero attached hydrogens (tertiary/aromatic N) is 1. The Labute approximate surface area is 156 Å². The van der Waals surface area contributed by atoms with Crippen molar-refractivity contribution in [3.8, 4) is 0 Å². The molecule has 7 nitrogen and oxygen atoms in total. The predicted molar refractivity (Wildman–Crippen MR) is 92.0 cm³/mol. The van der Waals surface area contributed by atoms with E-state index in [0.29, 0.717) is 6.07 Å². The molecule has 0 unspecified atom stereocenters. The number of rotatable bonds is 6. The van der Waals surface area contributed by atoms with Crippen molar-refractivity contribution in [3.63, 3.8) is 0 Å². The van der Waals surface area contributed by atoms with E-state index in [4.69, 9.17) is 4.74 Å². The molecule has 1 aliphatic rings. The summed E-state index contributed by atoms with van der Waals surface area (Å²) in [6.45, 7) is 0.148. The number of nitrogens with one attached hydrogen (secondary N) is 1. The molecule has 1 saturated heterocycles. The van der Waals surface area contributed by atoms with Gasteiger partial charge in [0.1, 0.15) is 0 Å². The van der Waals surface area contributed by atoms with E-state index in [1.165, 1.54) is 11.4 Å².